The van der Waals surface area contributed by atoms with Crippen LogP contribution in [-0.4, -0.2) is 37.3 Å². The number of nitrogens with zero attached hydrogens (tertiary/aromatic N) is 1. The van der Waals surface area contributed by atoms with Gasteiger partial charge in [0, 0.05) is 35.7 Å². The smallest absolute Gasteiger partial charge is 0.261 e. The van der Waals surface area contributed by atoms with Gasteiger partial charge in [-0.1, -0.05) is 13.8 Å². The quantitative estimate of drug-likeness (QED) is 0.552. The Labute approximate surface area is 180 Å². The number of carbonyl (C=O) groups is 1. The molecule has 0 atom stereocenters. The Morgan fingerprint density at radius 2 is 1.68 bits per heavy atom. The summed E-state index contributed by atoms with van der Waals surface area (Å²) in [5, 5.41) is 0.337. The van der Waals surface area contributed by atoms with E-state index in [1.807, 2.05) is 13.8 Å². The maximum absolute atomic E-state index is 13.1. The number of halogens is 1. The predicted octanol–water partition coefficient (Wildman–Crippen LogP) is 3.73. The first-order valence-electron chi connectivity index (χ1n) is 10.00. The Bertz CT molecular complexity index is 1250. The summed E-state index contributed by atoms with van der Waals surface area (Å²) in [6, 6.07) is 10.3. The van der Waals surface area contributed by atoms with E-state index < -0.39 is 21.4 Å². The van der Waals surface area contributed by atoms with Gasteiger partial charge >= 0.3 is 0 Å². The monoisotopic (exact) mass is 445 g/mol. The van der Waals surface area contributed by atoms with Crippen LogP contribution in [0.25, 0.3) is 10.9 Å². The summed E-state index contributed by atoms with van der Waals surface area (Å²) in [4.78, 5) is 29.5. The van der Waals surface area contributed by atoms with Crippen molar-refractivity contribution in [3.8, 4) is 0 Å². The summed E-state index contributed by atoms with van der Waals surface area (Å²) in [5.74, 6) is -0.801. The van der Waals surface area contributed by atoms with Gasteiger partial charge in [-0.15, -0.1) is 0 Å². The van der Waals surface area contributed by atoms with Crippen LogP contribution in [-0.2, 0) is 10.0 Å². The largest absolute Gasteiger partial charge is 0.339 e. The van der Waals surface area contributed by atoms with Crippen molar-refractivity contribution >= 4 is 32.5 Å². The summed E-state index contributed by atoms with van der Waals surface area (Å²) < 4.78 is 41.2. The summed E-state index contributed by atoms with van der Waals surface area (Å²) >= 11 is 0. The van der Waals surface area contributed by atoms with Crippen LogP contribution < -0.4 is 10.3 Å². The highest BCUT2D eigenvalue weighted by Gasteiger charge is 2.21. The normalized spacial score (nSPS) is 11.5. The second-order valence-corrected chi connectivity index (χ2v) is 8.84. The summed E-state index contributed by atoms with van der Waals surface area (Å²) in [6.07, 6.45) is 1.52. The lowest BCUT2D eigenvalue weighted by molar-refractivity contribution is 0.0757. The van der Waals surface area contributed by atoms with Crippen LogP contribution in [0.1, 0.15) is 37.0 Å². The summed E-state index contributed by atoms with van der Waals surface area (Å²) in [6.45, 7) is 4.98. The molecule has 0 aliphatic carbocycles. The molecule has 0 radical (unpaired) electrons. The average Bonchev–Trinajstić information content (AvgIpc) is 2.73. The van der Waals surface area contributed by atoms with Gasteiger partial charge in [0.2, 0.25) is 5.56 Å². The predicted molar refractivity (Wildman–Crippen MR) is 118 cm³/mol. The van der Waals surface area contributed by atoms with Crippen molar-refractivity contribution in [1.82, 2.24) is 9.88 Å². The average molecular weight is 446 g/mol. The third-order valence-electron chi connectivity index (χ3n) is 4.73. The third-order valence-corrected chi connectivity index (χ3v) is 6.10. The van der Waals surface area contributed by atoms with Crippen molar-refractivity contribution < 1.29 is 17.6 Å². The van der Waals surface area contributed by atoms with Gasteiger partial charge in [-0.05, 0) is 55.3 Å². The van der Waals surface area contributed by atoms with Crippen LogP contribution in [0.2, 0.25) is 0 Å². The SMILES string of the molecule is CCCN(CCC)C(=O)c1cc(=O)[nH]c2ccc(S(=O)(=O)Nc3ccc(F)cc3)cc12. The fraction of sp³-hybridized carbons (Fsp3) is 0.273. The minimum absolute atomic E-state index is 0.0806. The zero-order valence-corrected chi connectivity index (χ0v) is 18.1. The molecule has 9 heteroatoms. The number of carbonyl (C=O) groups excluding carboxylic acids is 1. The number of hydrogen-bond donors (Lipinski definition) is 2. The van der Waals surface area contributed by atoms with Gasteiger partial charge in [0.25, 0.3) is 15.9 Å². The van der Waals surface area contributed by atoms with Crippen molar-refractivity contribution in [3.05, 3.63) is 70.3 Å². The van der Waals surface area contributed by atoms with Gasteiger partial charge in [-0.3, -0.25) is 14.3 Å². The van der Waals surface area contributed by atoms with Gasteiger partial charge in [-0.2, -0.15) is 0 Å². The standard InChI is InChI=1S/C22H24FN3O4S/c1-3-11-26(12-4-2)22(28)19-14-21(27)24-20-10-9-17(13-18(19)20)31(29,30)25-16-7-5-15(23)6-8-16/h5-10,13-14,25H,3-4,11-12H2,1-2H3,(H,24,27). The third kappa shape index (κ3) is 5.11. The Hall–Kier alpha value is -3.20. The lowest BCUT2D eigenvalue weighted by Crippen LogP contribution is -2.33. The maximum Gasteiger partial charge on any atom is 0.261 e. The van der Waals surface area contributed by atoms with E-state index in [0.29, 0.717) is 24.0 Å². The van der Waals surface area contributed by atoms with Gasteiger partial charge in [-0.25, -0.2) is 12.8 Å². The van der Waals surface area contributed by atoms with Crippen molar-refractivity contribution in [2.45, 2.75) is 31.6 Å². The van der Waals surface area contributed by atoms with Crippen LogP contribution in [0.4, 0.5) is 10.1 Å². The van der Waals surface area contributed by atoms with Crippen molar-refractivity contribution in [3.63, 3.8) is 0 Å². The molecule has 31 heavy (non-hydrogen) atoms. The molecule has 1 aromatic heterocycles. The molecular formula is C22H24FN3O4S. The van der Waals surface area contributed by atoms with E-state index in [4.69, 9.17) is 0 Å². The van der Waals surface area contributed by atoms with Gasteiger partial charge in [0.1, 0.15) is 5.82 Å². The number of sulfonamides is 1. The fourth-order valence-corrected chi connectivity index (χ4v) is 4.42. The molecule has 0 unspecified atom stereocenters. The van der Waals surface area contributed by atoms with Crippen LogP contribution in [0.3, 0.4) is 0 Å². The summed E-state index contributed by atoms with van der Waals surface area (Å²) in [7, 11) is -4.00. The van der Waals surface area contributed by atoms with Crippen molar-refractivity contribution in [1.29, 1.82) is 0 Å². The van der Waals surface area contributed by atoms with E-state index in [0.717, 1.165) is 25.0 Å². The molecule has 0 aliphatic heterocycles. The molecular weight excluding hydrogens is 421 g/mol. The van der Waals surface area contributed by atoms with Gasteiger partial charge in [0.15, 0.2) is 0 Å². The molecule has 0 saturated carbocycles. The van der Waals surface area contributed by atoms with Crippen molar-refractivity contribution in [2.75, 3.05) is 17.8 Å². The number of anilines is 1. The molecule has 0 fully saturated rings. The number of rotatable bonds is 8. The zero-order valence-electron chi connectivity index (χ0n) is 17.3. The van der Waals surface area contributed by atoms with Crippen LogP contribution in [0, 0.1) is 5.82 Å². The number of aromatic nitrogens is 1. The Balaban J connectivity index is 2.07. The molecule has 2 N–H and O–H groups in total. The van der Waals surface area contributed by atoms with Crippen LogP contribution in [0.15, 0.2) is 58.2 Å². The lowest BCUT2D eigenvalue weighted by atomic mass is 10.1. The van der Waals surface area contributed by atoms with Gasteiger partial charge in [0.05, 0.1) is 10.5 Å². The molecule has 3 aromatic rings. The van der Waals surface area contributed by atoms with Crippen LogP contribution >= 0.6 is 0 Å². The Morgan fingerprint density at radius 1 is 1.03 bits per heavy atom. The zero-order chi connectivity index (χ0) is 22.6. The topological polar surface area (TPSA) is 99.3 Å². The molecule has 0 bridgehead atoms. The number of hydrogen-bond acceptors (Lipinski definition) is 4. The highest BCUT2D eigenvalue weighted by molar-refractivity contribution is 7.92. The maximum atomic E-state index is 13.1. The Kier molecular flexibility index (Phi) is 6.74. The molecule has 0 spiro atoms. The van der Waals surface area contributed by atoms with E-state index in [9.17, 15) is 22.4 Å². The van der Waals surface area contributed by atoms with Crippen LogP contribution in [0.5, 0.6) is 0 Å². The molecule has 2 aromatic carbocycles. The first kappa shape index (κ1) is 22.5. The number of amides is 1. The number of fused-ring (bicyclic) bond motifs is 1. The number of aromatic amines is 1. The minimum Gasteiger partial charge on any atom is -0.339 e. The first-order valence-corrected chi connectivity index (χ1v) is 11.5. The van der Waals surface area contributed by atoms with E-state index in [1.54, 1.807) is 4.90 Å². The number of H-pyrrole nitrogens is 1. The molecule has 0 aliphatic rings. The van der Waals surface area contributed by atoms with Crippen molar-refractivity contribution in [2.24, 2.45) is 0 Å². The Morgan fingerprint density at radius 3 is 2.29 bits per heavy atom. The summed E-state index contributed by atoms with van der Waals surface area (Å²) in [5.41, 5.74) is 0.282. The molecule has 164 valence electrons. The highest BCUT2D eigenvalue weighted by Crippen LogP contribution is 2.23. The lowest BCUT2D eigenvalue weighted by Gasteiger charge is -2.22. The van der Waals surface area contributed by atoms with Gasteiger partial charge < -0.3 is 9.88 Å². The molecule has 1 heterocycles. The second kappa shape index (κ2) is 9.30. The number of benzene rings is 2. The van der Waals surface area contributed by atoms with E-state index in [-0.39, 0.29) is 22.1 Å². The van der Waals surface area contributed by atoms with E-state index >= 15 is 0 Å². The molecule has 7 nitrogen and oxygen atoms in total. The molecule has 0 saturated heterocycles. The van der Waals surface area contributed by atoms with E-state index in [2.05, 4.69) is 9.71 Å². The number of pyridine rings is 1. The van der Waals surface area contributed by atoms with E-state index in [1.165, 1.54) is 36.4 Å². The molecule has 3 rings (SSSR count). The number of nitrogens with one attached hydrogen (secondary N) is 2. The minimum atomic E-state index is -4.00. The second-order valence-electron chi connectivity index (χ2n) is 7.16. The molecule has 1 amide bonds. The fourth-order valence-electron chi connectivity index (χ4n) is 3.33. The highest BCUT2D eigenvalue weighted by atomic mass is 32.2. The first-order chi connectivity index (χ1) is 14.7.